The summed E-state index contributed by atoms with van der Waals surface area (Å²) in [7, 11) is -0.777. The lowest BCUT2D eigenvalue weighted by Crippen LogP contribution is -2.21. The Morgan fingerprint density at radius 2 is 2.35 bits per heavy atom. The van der Waals surface area contributed by atoms with Crippen LogP contribution in [-0.4, -0.2) is 42.0 Å². The lowest BCUT2D eigenvalue weighted by Gasteiger charge is -2.09. The quantitative estimate of drug-likeness (QED) is 0.749. The molecule has 1 saturated carbocycles. The lowest BCUT2D eigenvalue weighted by atomic mass is 10.3. The molecule has 7 heteroatoms. The Balaban J connectivity index is 1.82. The van der Waals surface area contributed by atoms with Crippen LogP contribution in [0.15, 0.2) is 0 Å². The van der Waals surface area contributed by atoms with Gasteiger partial charge in [0.05, 0.1) is 6.54 Å². The minimum atomic E-state index is -0.777. The van der Waals surface area contributed by atoms with Gasteiger partial charge in [-0.25, -0.2) is 4.68 Å². The molecule has 17 heavy (non-hydrogen) atoms. The van der Waals surface area contributed by atoms with Crippen molar-refractivity contribution < 1.29 is 4.21 Å². The minimum absolute atomic E-state index is 0.184. The minimum Gasteiger partial charge on any atom is -0.307 e. The first-order chi connectivity index (χ1) is 8.16. The van der Waals surface area contributed by atoms with E-state index < -0.39 is 10.8 Å². The fourth-order valence-corrected chi connectivity index (χ4v) is 1.95. The van der Waals surface area contributed by atoms with Crippen molar-refractivity contribution >= 4 is 10.8 Å². The van der Waals surface area contributed by atoms with Gasteiger partial charge in [0, 0.05) is 34.9 Å². The first-order valence-corrected chi connectivity index (χ1v) is 7.59. The molecule has 96 valence electrons. The van der Waals surface area contributed by atoms with Crippen molar-refractivity contribution in [3.05, 3.63) is 5.82 Å². The number of hydrogen-bond donors (Lipinski definition) is 1. The lowest BCUT2D eigenvalue weighted by molar-refractivity contribution is 0.516. The van der Waals surface area contributed by atoms with E-state index in [-0.39, 0.29) is 5.25 Å². The van der Waals surface area contributed by atoms with Crippen molar-refractivity contribution in [3.8, 4) is 0 Å². The van der Waals surface area contributed by atoms with Gasteiger partial charge in [0.2, 0.25) is 0 Å². The maximum absolute atomic E-state index is 11.2. The van der Waals surface area contributed by atoms with Crippen molar-refractivity contribution in [2.75, 3.05) is 6.26 Å². The molecule has 1 aromatic rings. The summed E-state index contributed by atoms with van der Waals surface area (Å²) in [6, 6.07) is 0.655. The van der Waals surface area contributed by atoms with E-state index >= 15 is 0 Å². The van der Waals surface area contributed by atoms with Gasteiger partial charge in [-0.05, 0) is 29.7 Å². The summed E-state index contributed by atoms with van der Waals surface area (Å²) in [5.74, 6) is 0.867. The second-order valence-electron chi connectivity index (χ2n) is 4.57. The number of tetrazole rings is 1. The van der Waals surface area contributed by atoms with E-state index in [0.717, 1.165) is 25.3 Å². The van der Waals surface area contributed by atoms with Crippen molar-refractivity contribution in [1.29, 1.82) is 0 Å². The molecule has 2 atom stereocenters. The highest BCUT2D eigenvalue weighted by molar-refractivity contribution is 7.84. The Morgan fingerprint density at radius 3 is 3.00 bits per heavy atom. The van der Waals surface area contributed by atoms with Crippen molar-refractivity contribution in [2.24, 2.45) is 0 Å². The second-order valence-corrected chi connectivity index (χ2v) is 6.37. The number of rotatable bonds is 7. The molecule has 2 rings (SSSR count). The summed E-state index contributed by atoms with van der Waals surface area (Å²) in [5, 5.41) is 15.2. The third-order valence-corrected chi connectivity index (χ3v) is 4.42. The molecule has 0 aliphatic heterocycles. The van der Waals surface area contributed by atoms with Crippen LogP contribution in [0.5, 0.6) is 0 Å². The van der Waals surface area contributed by atoms with Crippen LogP contribution < -0.4 is 5.32 Å². The number of nitrogens with one attached hydrogen (secondary N) is 1. The van der Waals surface area contributed by atoms with Crippen LogP contribution >= 0.6 is 0 Å². The van der Waals surface area contributed by atoms with E-state index in [1.807, 2.05) is 6.92 Å². The first-order valence-electron chi connectivity index (χ1n) is 5.97. The normalized spacial score (nSPS) is 19.2. The van der Waals surface area contributed by atoms with E-state index in [1.54, 1.807) is 10.9 Å². The molecule has 0 bridgehead atoms. The first kappa shape index (κ1) is 12.6. The highest BCUT2D eigenvalue weighted by Gasteiger charge is 2.21. The van der Waals surface area contributed by atoms with Crippen LogP contribution in [0, 0.1) is 0 Å². The van der Waals surface area contributed by atoms with E-state index in [2.05, 4.69) is 20.8 Å². The van der Waals surface area contributed by atoms with Crippen LogP contribution in [0.1, 0.15) is 32.0 Å². The van der Waals surface area contributed by atoms with E-state index in [1.165, 1.54) is 12.8 Å². The molecule has 0 aromatic carbocycles. The zero-order chi connectivity index (χ0) is 12.3. The summed E-state index contributed by atoms with van der Waals surface area (Å²) in [5.41, 5.74) is 0. The monoisotopic (exact) mass is 257 g/mol. The van der Waals surface area contributed by atoms with Gasteiger partial charge in [-0.15, -0.1) is 5.10 Å². The molecular weight excluding hydrogens is 238 g/mol. The van der Waals surface area contributed by atoms with Gasteiger partial charge in [0.25, 0.3) is 0 Å². The number of nitrogens with zero attached hydrogens (tertiary/aromatic N) is 4. The standard InChI is InChI=1S/C10H19N5OS/c1-8(17(2)16)5-6-15-10(12-13-14-15)7-11-9-3-4-9/h8-9,11H,3-7H2,1-2H3. The highest BCUT2D eigenvalue weighted by atomic mass is 32.2. The number of hydrogen-bond acceptors (Lipinski definition) is 5. The Kier molecular flexibility index (Phi) is 4.22. The maximum Gasteiger partial charge on any atom is 0.165 e. The fourth-order valence-electron chi connectivity index (χ4n) is 1.52. The summed E-state index contributed by atoms with van der Waals surface area (Å²) < 4.78 is 13.1. The Hall–Kier alpha value is -0.820. The summed E-state index contributed by atoms with van der Waals surface area (Å²) in [6.07, 6.45) is 5.09. The van der Waals surface area contributed by atoms with Gasteiger partial charge in [-0.3, -0.25) is 4.21 Å². The molecule has 6 nitrogen and oxygen atoms in total. The number of aromatic nitrogens is 4. The second kappa shape index (κ2) is 5.68. The molecule has 1 aromatic heterocycles. The Bertz CT molecular complexity index is 390. The summed E-state index contributed by atoms with van der Waals surface area (Å²) in [4.78, 5) is 0. The largest absolute Gasteiger partial charge is 0.307 e. The smallest absolute Gasteiger partial charge is 0.165 e. The van der Waals surface area contributed by atoms with E-state index in [9.17, 15) is 4.21 Å². The predicted molar refractivity (Wildman–Crippen MR) is 65.8 cm³/mol. The van der Waals surface area contributed by atoms with Gasteiger partial charge < -0.3 is 5.32 Å². The summed E-state index contributed by atoms with van der Waals surface area (Å²) >= 11 is 0. The molecular formula is C10H19N5OS. The summed E-state index contributed by atoms with van der Waals surface area (Å²) in [6.45, 7) is 3.44. The Morgan fingerprint density at radius 1 is 1.59 bits per heavy atom. The molecule has 0 saturated heterocycles. The molecule has 1 N–H and O–H groups in total. The van der Waals surface area contributed by atoms with Crippen molar-refractivity contribution in [3.63, 3.8) is 0 Å². The molecule has 0 spiro atoms. The molecule has 1 fully saturated rings. The van der Waals surface area contributed by atoms with Crippen LogP contribution in [0.25, 0.3) is 0 Å². The zero-order valence-corrected chi connectivity index (χ0v) is 11.1. The highest BCUT2D eigenvalue weighted by Crippen LogP contribution is 2.18. The van der Waals surface area contributed by atoms with Crippen molar-refractivity contribution in [1.82, 2.24) is 25.5 Å². The molecule has 1 heterocycles. The SMILES string of the molecule is CC(CCn1nnnc1CNC1CC1)S(C)=O. The fraction of sp³-hybridized carbons (Fsp3) is 0.900. The van der Waals surface area contributed by atoms with Gasteiger partial charge in [-0.2, -0.15) is 0 Å². The average Bonchev–Trinajstić information content (AvgIpc) is 3.02. The molecule has 0 radical (unpaired) electrons. The van der Waals surface area contributed by atoms with Crippen LogP contribution in [0.3, 0.4) is 0 Å². The maximum atomic E-state index is 11.2. The van der Waals surface area contributed by atoms with Crippen LogP contribution in [0.2, 0.25) is 0 Å². The number of aryl methyl sites for hydroxylation is 1. The average molecular weight is 257 g/mol. The van der Waals surface area contributed by atoms with Gasteiger partial charge in [-0.1, -0.05) is 6.92 Å². The van der Waals surface area contributed by atoms with E-state index in [0.29, 0.717) is 6.04 Å². The van der Waals surface area contributed by atoms with Gasteiger partial charge >= 0.3 is 0 Å². The van der Waals surface area contributed by atoms with Crippen molar-refractivity contribution in [2.45, 2.75) is 50.6 Å². The molecule has 1 aliphatic rings. The van der Waals surface area contributed by atoms with Crippen LogP contribution in [0.4, 0.5) is 0 Å². The Labute approximate surface area is 104 Å². The topological polar surface area (TPSA) is 72.7 Å². The van der Waals surface area contributed by atoms with E-state index in [4.69, 9.17) is 0 Å². The molecule has 0 amide bonds. The third-order valence-electron chi connectivity index (χ3n) is 3.05. The van der Waals surface area contributed by atoms with Gasteiger partial charge in [0.1, 0.15) is 0 Å². The van der Waals surface area contributed by atoms with Gasteiger partial charge in [0.15, 0.2) is 5.82 Å². The predicted octanol–water partition coefficient (Wildman–Crippen LogP) is 0.0822. The zero-order valence-electron chi connectivity index (χ0n) is 10.3. The van der Waals surface area contributed by atoms with Crippen LogP contribution in [-0.2, 0) is 23.9 Å². The third kappa shape index (κ3) is 3.85. The molecule has 1 aliphatic carbocycles. The molecule has 2 unspecified atom stereocenters.